The van der Waals surface area contributed by atoms with Crippen molar-refractivity contribution in [1.29, 1.82) is 5.26 Å². The first-order chi connectivity index (χ1) is 21.8. The Morgan fingerprint density at radius 2 is 2.00 bits per heavy atom. The van der Waals surface area contributed by atoms with Crippen LogP contribution in [0.1, 0.15) is 60.9 Å². The van der Waals surface area contributed by atoms with Gasteiger partial charge >= 0.3 is 6.01 Å². The first-order valence-corrected chi connectivity index (χ1v) is 16.5. The molecule has 2 unspecified atom stereocenters. The summed E-state index contributed by atoms with van der Waals surface area (Å²) in [4.78, 5) is 34.0. The Hall–Kier alpha value is -3.71. The Bertz CT molecular complexity index is 1540. The van der Waals surface area contributed by atoms with Crippen molar-refractivity contribution in [1.82, 2.24) is 40.6 Å². The second-order valence-corrected chi connectivity index (χ2v) is 13.7. The Morgan fingerprint density at radius 3 is 2.67 bits per heavy atom. The number of aldehydes is 1. The molecule has 0 amide bonds. The van der Waals surface area contributed by atoms with Gasteiger partial charge in [-0.2, -0.15) is 25.2 Å². The highest BCUT2D eigenvalue weighted by Gasteiger charge is 2.43. The zero-order valence-electron chi connectivity index (χ0n) is 26.1. The van der Waals surface area contributed by atoms with Gasteiger partial charge in [-0.15, -0.1) is 11.3 Å². The van der Waals surface area contributed by atoms with E-state index in [2.05, 4.69) is 50.6 Å². The minimum absolute atomic E-state index is 0.287. The highest BCUT2D eigenvalue weighted by Crippen LogP contribution is 2.48. The minimum Gasteiger partial charge on any atom is -0.463 e. The van der Waals surface area contributed by atoms with Crippen molar-refractivity contribution < 1.29 is 14.1 Å². The number of fused-ring (bicyclic) bond motifs is 3. The van der Waals surface area contributed by atoms with Gasteiger partial charge < -0.3 is 40.2 Å². The summed E-state index contributed by atoms with van der Waals surface area (Å²) in [5, 5.41) is 21.0. The van der Waals surface area contributed by atoms with Crippen LogP contribution in [0.15, 0.2) is 4.52 Å². The van der Waals surface area contributed by atoms with E-state index in [4.69, 9.17) is 29.9 Å². The van der Waals surface area contributed by atoms with E-state index in [1.165, 1.54) is 11.3 Å². The molecule has 0 saturated carbocycles. The van der Waals surface area contributed by atoms with Crippen molar-refractivity contribution in [3.05, 3.63) is 21.9 Å². The Morgan fingerprint density at radius 1 is 1.20 bits per heavy atom. The molecule has 4 N–H and O–H groups in total. The number of ether oxygens (including phenoxy) is 1. The van der Waals surface area contributed by atoms with Gasteiger partial charge in [-0.05, 0) is 66.1 Å². The monoisotopic (exact) mass is 635 g/mol. The summed E-state index contributed by atoms with van der Waals surface area (Å²) in [7, 11) is 3.86. The lowest BCUT2D eigenvalue weighted by Gasteiger charge is -2.32. The molecule has 45 heavy (non-hydrogen) atoms. The number of rotatable bonds is 8. The summed E-state index contributed by atoms with van der Waals surface area (Å²) in [5.41, 5.74) is 7.03. The number of hydrogen-bond donors (Lipinski definition) is 3. The lowest BCUT2D eigenvalue weighted by atomic mass is 9.72. The van der Waals surface area contributed by atoms with E-state index >= 15 is 0 Å². The third-order valence-electron chi connectivity index (χ3n) is 9.18. The molecule has 3 saturated heterocycles. The number of piperazine rings is 1. The maximum atomic E-state index is 9.85. The fraction of sp³-hybridized carbons (Fsp3) is 0.633. The van der Waals surface area contributed by atoms with Crippen LogP contribution in [-0.4, -0.2) is 102 Å². The predicted octanol–water partition coefficient (Wildman–Crippen LogP) is 1.76. The van der Waals surface area contributed by atoms with Crippen LogP contribution < -0.4 is 26.0 Å². The lowest BCUT2D eigenvalue weighted by molar-refractivity contribution is -0.107. The normalized spacial score (nSPS) is 25.7. The average molecular weight is 636 g/mol. The highest BCUT2D eigenvalue weighted by atomic mass is 32.1. The van der Waals surface area contributed by atoms with Gasteiger partial charge in [0.05, 0.1) is 24.1 Å². The Labute approximate surface area is 266 Å². The quantitative estimate of drug-likeness (QED) is 0.304. The predicted molar refractivity (Wildman–Crippen MR) is 169 cm³/mol. The van der Waals surface area contributed by atoms with E-state index in [1.54, 1.807) is 7.05 Å². The van der Waals surface area contributed by atoms with Gasteiger partial charge in [0.15, 0.2) is 0 Å². The average Bonchev–Trinajstić information content (AvgIpc) is 3.83. The number of aromatic nitrogens is 5. The standard InChI is InChI=1S/C27H34N10O2S.C3H7NO/c1-27(8-3-4-19-20(27)18(10-28)21(29)40-19)24-31-23(35-39-24)22-32-25(37-12-16-5-6-17(13-37)30-16)34-26(33-22)38-14-15-7-9-36(2)11-15;1-4-2-3-5/h15-17,30H,3-9,11-14,29H2,1-2H3;3-4H,2H2,1H3/t15-,16?,17?,27-;/m1./s1. The maximum Gasteiger partial charge on any atom is 0.321 e. The fourth-order valence-electron chi connectivity index (χ4n) is 6.90. The summed E-state index contributed by atoms with van der Waals surface area (Å²) < 4.78 is 12.0. The van der Waals surface area contributed by atoms with Crippen molar-refractivity contribution in [2.24, 2.45) is 5.92 Å². The van der Waals surface area contributed by atoms with Crippen molar-refractivity contribution in [3.63, 3.8) is 0 Å². The first kappa shape index (κ1) is 31.3. The topological polar surface area (TPSA) is 184 Å². The zero-order chi connectivity index (χ0) is 31.6. The number of carbonyl (C=O) groups excluding carboxylic acids is 1. The third-order valence-corrected chi connectivity index (χ3v) is 10.3. The van der Waals surface area contributed by atoms with Gasteiger partial charge in [0.1, 0.15) is 17.4 Å². The Balaban J connectivity index is 0.000000664. The van der Waals surface area contributed by atoms with Crippen LogP contribution in [-0.2, 0) is 16.6 Å². The van der Waals surface area contributed by atoms with Gasteiger partial charge in [0.25, 0.3) is 0 Å². The number of thiophene rings is 1. The minimum atomic E-state index is -0.612. The Kier molecular flexibility index (Phi) is 9.27. The van der Waals surface area contributed by atoms with Gasteiger partial charge in [-0.1, -0.05) is 5.16 Å². The van der Waals surface area contributed by atoms with Gasteiger partial charge in [-0.25, -0.2) is 0 Å². The van der Waals surface area contributed by atoms with Crippen molar-refractivity contribution in [2.75, 3.05) is 64.1 Å². The second-order valence-electron chi connectivity index (χ2n) is 12.6. The zero-order valence-corrected chi connectivity index (χ0v) is 26.9. The summed E-state index contributed by atoms with van der Waals surface area (Å²) in [6.45, 7) is 6.80. The largest absolute Gasteiger partial charge is 0.463 e. The molecular formula is C30H41N11O3S. The molecule has 0 radical (unpaired) electrons. The molecule has 3 aliphatic heterocycles. The van der Waals surface area contributed by atoms with E-state index in [-0.39, 0.29) is 11.8 Å². The van der Waals surface area contributed by atoms with E-state index in [0.717, 1.165) is 81.4 Å². The highest BCUT2D eigenvalue weighted by molar-refractivity contribution is 7.16. The number of hydrogen-bond acceptors (Lipinski definition) is 15. The SMILES string of the molecule is CN1CC[C@@H](COc2nc(-c3noc([C@]4(C)CCCc5sc(N)c(C#N)c54)n3)nc(N3CC4CCC(C3)N4)n2)C1.CNCC=O. The number of likely N-dealkylation sites (tertiary alicyclic amines) is 1. The molecule has 15 heteroatoms. The summed E-state index contributed by atoms with van der Waals surface area (Å²) in [6, 6.07) is 3.45. The van der Waals surface area contributed by atoms with Crippen LogP contribution in [0.5, 0.6) is 6.01 Å². The molecule has 3 aromatic heterocycles. The summed E-state index contributed by atoms with van der Waals surface area (Å²) in [5.74, 6) is 2.08. The number of nitrogens with one attached hydrogen (secondary N) is 2. The van der Waals surface area contributed by atoms with Crippen LogP contribution >= 0.6 is 11.3 Å². The molecule has 6 heterocycles. The van der Waals surface area contributed by atoms with Gasteiger partial charge in [0.2, 0.25) is 23.5 Å². The van der Waals surface area contributed by atoms with E-state index in [0.29, 0.717) is 59.4 Å². The van der Waals surface area contributed by atoms with Gasteiger partial charge in [-0.3, -0.25) is 0 Å². The number of nitrogen functional groups attached to an aromatic ring is 1. The second kappa shape index (κ2) is 13.3. The van der Waals surface area contributed by atoms with E-state index < -0.39 is 5.41 Å². The molecule has 4 aliphatic rings. The van der Waals surface area contributed by atoms with Crippen LogP contribution in [0, 0.1) is 17.2 Å². The smallest absolute Gasteiger partial charge is 0.321 e. The lowest BCUT2D eigenvalue weighted by Crippen LogP contribution is -2.51. The number of likely N-dealkylation sites (N-methyl/N-ethyl adjacent to an activating group) is 1. The number of nitrogens with two attached hydrogens (primary N) is 1. The molecule has 0 spiro atoms. The van der Waals surface area contributed by atoms with Crippen LogP contribution in [0.2, 0.25) is 0 Å². The summed E-state index contributed by atoms with van der Waals surface area (Å²) in [6.07, 6.45) is 6.84. The van der Waals surface area contributed by atoms with Crippen molar-refractivity contribution in [3.8, 4) is 23.7 Å². The number of aryl methyl sites for hydroxylation is 1. The third kappa shape index (κ3) is 6.51. The van der Waals surface area contributed by atoms with Crippen molar-refractivity contribution >= 4 is 28.6 Å². The van der Waals surface area contributed by atoms with Crippen molar-refractivity contribution in [2.45, 2.75) is 62.9 Å². The van der Waals surface area contributed by atoms with Crippen LogP contribution in [0.25, 0.3) is 11.6 Å². The molecule has 3 aromatic rings. The molecule has 1 aliphatic carbocycles. The molecule has 4 atom stereocenters. The van der Waals surface area contributed by atoms with Crippen LogP contribution in [0.3, 0.4) is 0 Å². The first-order valence-electron chi connectivity index (χ1n) is 15.6. The molecular weight excluding hydrogens is 594 g/mol. The number of nitrogens with zero attached hydrogens (tertiary/aromatic N) is 8. The fourth-order valence-corrected chi connectivity index (χ4v) is 8.09. The molecule has 7 rings (SSSR count). The van der Waals surface area contributed by atoms with Crippen LogP contribution in [0.4, 0.5) is 10.9 Å². The van der Waals surface area contributed by atoms with Gasteiger partial charge in [0, 0.05) is 48.1 Å². The molecule has 3 fully saturated rings. The molecule has 14 nitrogen and oxygen atoms in total. The maximum absolute atomic E-state index is 9.85. The molecule has 2 bridgehead atoms. The summed E-state index contributed by atoms with van der Waals surface area (Å²) >= 11 is 1.48. The molecule has 0 aromatic carbocycles. The van der Waals surface area contributed by atoms with E-state index in [9.17, 15) is 10.1 Å². The number of nitriles is 1. The molecule has 240 valence electrons. The number of anilines is 2. The number of carbonyl (C=O) groups is 1. The van der Waals surface area contributed by atoms with E-state index in [1.807, 2.05) is 0 Å².